The molecule has 0 bridgehead atoms. The van der Waals surface area contributed by atoms with Crippen LogP contribution in [0.5, 0.6) is 0 Å². The van der Waals surface area contributed by atoms with Gasteiger partial charge in [-0.25, -0.2) is 0 Å². The van der Waals surface area contributed by atoms with Crippen LogP contribution in [0.15, 0.2) is 35.1 Å². The van der Waals surface area contributed by atoms with Crippen molar-refractivity contribution < 1.29 is 9.59 Å². The minimum Gasteiger partial charge on any atom is -0.351 e. The molecule has 2 atom stereocenters. The number of aromatic nitrogens is 2. The molecule has 1 saturated heterocycles. The van der Waals surface area contributed by atoms with Gasteiger partial charge in [-0.3, -0.25) is 19.4 Å². The second-order valence-electron chi connectivity index (χ2n) is 7.70. The van der Waals surface area contributed by atoms with Crippen LogP contribution in [0.25, 0.3) is 0 Å². The maximum Gasteiger partial charge on any atom is 0.258 e. The summed E-state index contributed by atoms with van der Waals surface area (Å²) in [7, 11) is 0. The van der Waals surface area contributed by atoms with E-state index in [-0.39, 0.29) is 41.2 Å². The van der Waals surface area contributed by atoms with Gasteiger partial charge in [-0.05, 0) is 31.7 Å². The molecule has 0 saturated carbocycles. The summed E-state index contributed by atoms with van der Waals surface area (Å²) >= 11 is 0. The fraction of sp³-hybridized carbons (Fsp3) is 0.429. The van der Waals surface area contributed by atoms with Crippen LogP contribution < -0.4 is 21.1 Å². The molecule has 0 radical (unpaired) electrons. The van der Waals surface area contributed by atoms with E-state index in [9.17, 15) is 14.4 Å². The van der Waals surface area contributed by atoms with Gasteiger partial charge >= 0.3 is 0 Å². The Morgan fingerprint density at radius 2 is 2.03 bits per heavy atom. The summed E-state index contributed by atoms with van der Waals surface area (Å²) in [6, 6.07) is 9.75. The van der Waals surface area contributed by atoms with Crippen LogP contribution in [0.3, 0.4) is 0 Å². The van der Waals surface area contributed by atoms with Crippen molar-refractivity contribution in [3.05, 3.63) is 51.8 Å². The zero-order valence-corrected chi connectivity index (χ0v) is 16.4. The van der Waals surface area contributed by atoms with E-state index >= 15 is 0 Å². The van der Waals surface area contributed by atoms with E-state index in [1.807, 2.05) is 30.3 Å². The third-order valence-corrected chi connectivity index (χ3v) is 5.64. The topological polar surface area (TPSA) is 107 Å². The van der Waals surface area contributed by atoms with Crippen LogP contribution in [0.2, 0.25) is 0 Å². The van der Waals surface area contributed by atoms with E-state index in [0.717, 1.165) is 31.4 Å². The SMILES string of the molecule is C[C@H]1CCCCN1c1nc2c(c(=O)[nH]1)[C@@H](C(=O)NCc1ccccc1)CC(=O)N2. The predicted molar refractivity (Wildman–Crippen MR) is 110 cm³/mol. The average molecular weight is 395 g/mol. The number of piperidine rings is 1. The lowest BCUT2D eigenvalue weighted by Crippen LogP contribution is -2.42. The van der Waals surface area contributed by atoms with Gasteiger partial charge in [0, 0.05) is 25.6 Å². The van der Waals surface area contributed by atoms with Gasteiger partial charge < -0.3 is 15.5 Å². The lowest BCUT2D eigenvalue weighted by molar-refractivity contribution is -0.126. The number of fused-ring (bicyclic) bond motifs is 1. The molecule has 2 aliphatic rings. The van der Waals surface area contributed by atoms with Crippen LogP contribution in [-0.4, -0.2) is 34.4 Å². The number of H-pyrrole nitrogens is 1. The molecule has 0 unspecified atom stereocenters. The lowest BCUT2D eigenvalue weighted by atomic mass is 9.92. The molecular formula is C21H25N5O3. The molecule has 0 spiro atoms. The Morgan fingerprint density at radius 3 is 2.79 bits per heavy atom. The standard InChI is InChI=1S/C21H25N5O3/c1-13-7-5-6-10-26(13)21-24-18-17(20(29)25-21)15(11-16(27)23-18)19(28)22-12-14-8-3-2-4-9-14/h2-4,8-9,13,15H,5-7,10-12H2,1H3,(H,22,28)(H2,23,24,25,27,29)/t13-,15-/m0/s1. The molecule has 8 heteroatoms. The second-order valence-corrected chi connectivity index (χ2v) is 7.70. The molecule has 0 aliphatic carbocycles. The van der Waals surface area contributed by atoms with Crippen LogP contribution >= 0.6 is 0 Å². The minimum atomic E-state index is -0.855. The molecule has 3 heterocycles. The Labute approximate surface area is 168 Å². The monoisotopic (exact) mass is 395 g/mol. The maximum atomic E-state index is 12.9. The molecule has 1 aromatic carbocycles. The maximum absolute atomic E-state index is 12.9. The number of anilines is 2. The van der Waals surface area contributed by atoms with E-state index in [4.69, 9.17) is 0 Å². The Morgan fingerprint density at radius 1 is 1.24 bits per heavy atom. The van der Waals surface area contributed by atoms with Crippen molar-refractivity contribution in [1.82, 2.24) is 15.3 Å². The van der Waals surface area contributed by atoms with Gasteiger partial charge in [0.2, 0.25) is 17.8 Å². The fourth-order valence-electron chi connectivity index (χ4n) is 4.04. The van der Waals surface area contributed by atoms with Gasteiger partial charge in [-0.1, -0.05) is 30.3 Å². The minimum absolute atomic E-state index is 0.0716. The smallest absolute Gasteiger partial charge is 0.258 e. The lowest BCUT2D eigenvalue weighted by Gasteiger charge is -2.34. The first-order chi connectivity index (χ1) is 14.0. The summed E-state index contributed by atoms with van der Waals surface area (Å²) in [6.45, 7) is 3.23. The summed E-state index contributed by atoms with van der Waals surface area (Å²) in [5.41, 5.74) is 0.800. The molecule has 4 rings (SSSR count). The van der Waals surface area contributed by atoms with Gasteiger partial charge in [0.05, 0.1) is 11.5 Å². The Bertz CT molecular complexity index is 972. The summed E-state index contributed by atoms with van der Waals surface area (Å²) in [6.07, 6.45) is 3.13. The van der Waals surface area contributed by atoms with E-state index in [0.29, 0.717) is 12.5 Å². The quantitative estimate of drug-likeness (QED) is 0.733. The van der Waals surface area contributed by atoms with Gasteiger partial charge in [0.15, 0.2) is 0 Å². The van der Waals surface area contributed by atoms with Gasteiger partial charge in [-0.2, -0.15) is 4.98 Å². The Kier molecular flexibility index (Phi) is 5.33. The van der Waals surface area contributed by atoms with E-state index in [2.05, 4.69) is 32.4 Å². The Balaban J connectivity index is 1.60. The number of amides is 2. The molecule has 2 aliphatic heterocycles. The molecule has 3 N–H and O–H groups in total. The van der Waals surface area contributed by atoms with Crippen molar-refractivity contribution in [1.29, 1.82) is 0 Å². The van der Waals surface area contributed by atoms with Gasteiger partial charge in [0.25, 0.3) is 5.56 Å². The molecule has 29 heavy (non-hydrogen) atoms. The number of hydrogen-bond acceptors (Lipinski definition) is 5. The summed E-state index contributed by atoms with van der Waals surface area (Å²) in [4.78, 5) is 47.3. The third kappa shape index (κ3) is 4.01. The average Bonchev–Trinajstić information content (AvgIpc) is 2.72. The number of nitrogens with one attached hydrogen (secondary N) is 3. The van der Waals surface area contributed by atoms with E-state index in [1.54, 1.807) is 0 Å². The number of hydrogen-bond donors (Lipinski definition) is 3. The number of carbonyl (C=O) groups is 2. The highest BCUT2D eigenvalue weighted by Gasteiger charge is 2.35. The zero-order valence-electron chi connectivity index (χ0n) is 16.4. The first-order valence-corrected chi connectivity index (χ1v) is 10.1. The van der Waals surface area contributed by atoms with Crippen LogP contribution in [0.1, 0.15) is 49.7 Å². The van der Waals surface area contributed by atoms with Crippen molar-refractivity contribution in [2.24, 2.45) is 0 Å². The number of aromatic amines is 1. The van der Waals surface area contributed by atoms with Crippen molar-refractivity contribution >= 4 is 23.6 Å². The highest BCUT2D eigenvalue weighted by atomic mass is 16.2. The van der Waals surface area contributed by atoms with Crippen molar-refractivity contribution in [2.75, 3.05) is 16.8 Å². The van der Waals surface area contributed by atoms with E-state index < -0.39 is 5.92 Å². The predicted octanol–water partition coefficient (Wildman–Crippen LogP) is 1.89. The number of rotatable bonds is 4. The normalized spacial score (nSPS) is 21.3. The molecule has 2 amide bonds. The van der Waals surface area contributed by atoms with Crippen LogP contribution in [0.4, 0.5) is 11.8 Å². The van der Waals surface area contributed by atoms with E-state index in [1.165, 1.54) is 0 Å². The number of benzene rings is 1. The van der Waals surface area contributed by atoms with Crippen LogP contribution in [-0.2, 0) is 16.1 Å². The largest absolute Gasteiger partial charge is 0.351 e. The van der Waals surface area contributed by atoms with Crippen molar-refractivity contribution in [3.8, 4) is 0 Å². The molecule has 2 aromatic rings. The number of nitrogens with zero attached hydrogens (tertiary/aromatic N) is 2. The highest BCUT2D eigenvalue weighted by Crippen LogP contribution is 2.30. The highest BCUT2D eigenvalue weighted by molar-refractivity contribution is 6.00. The zero-order chi connectivity index (χ0) is 20.4. The van der Waals surface area contributed by atoms with Crippen molar-refractivity contribution in [2.45, 2.75) is 51.1 Å². The third-order valence-electron chi connectivity index (χ3n) is 5.64. The molecule has 1 fully saturated rings. The first kappa shape index (κ1) is 19.2. The number of carbonyl (C=O) groups excluding carboxylic acids is 2. The fourth-order valence-corrected chi connectivity index (χ4v) is 4.04. The van der Waals surface area contributed by atoms with Crippen LogP contribution in [0, 0.1) is 0 Å². The summed E-state index contributed by atoms with van der Waals surface area (Å²) in [5.74, 6) is -0.875. The molecule has 152 valence electrons. The van der Waals surface area contributed by atoms with Crippen molar-refractivity contribution in [3.63, 3.8) is 0 Å². The molecular weight excluding hydrogens is 370 g/mol. The molecule has 1 aromatic heterocycles. The summed E-state index contributed by atoms with van der Waals surface area (Å²) < 4.78 is 0. The second kappa shape index (κ2) is 8.06. The Hall–Kier alpha value is -3.16. The summed E-state index contributed by atoms with van der Waals surface area (Å²) in [5, 5.41) is 5.51. The van der Waals surface area contributed by atoms with Gasteiger partial charge in [-0.15, -0.1) is 0 Å². The van der Waals surface area contributed by atoms with Gasteiger partial charge in [0.1, 0.15) is 5.82 Å². The molecule has 8 nitrogen and oxygen atoms in total. The first-order valence-electron chi connectivity index (χ1n) is 10.1.